The van der Waals surface area contributed by atoms with E-state index in [1.807, 2.05) is 30.3 Å². The molecule has 0 saturated carbocycles. The summed E-state index contributed by atoms with van der Waals surface area (Å²) in [5, 5.41) is 3.32. The first-order valence-electron chi connectivity index (χ1n) is 6.65. The molecular formula is C16H14ClNO3. The van der Waals surface area contributed by atoms with E-state index in [4.69, 9.17) is 21.1 Å². The van der Waals surface area contributed by atoms with Crippen LogP contribution in [-0.4, -0.2) is 19.1 Å². The Morgan fingerprint density at radius 1 is 1.10 bits per heavy atom. The molecule has 21 heavy (non-hydrogen) atoms. The summed E-state index contributed by atoms with van der Waals surface area (Å²) in [6.45, 7) is 1.08. The smallest absolute Gasteiger partial charge is 0.228 e. The lowest BCUT2D eigenvalue weighted by atomic mass is 10.1. The zero-order valence-corrected chi connectivity index (χ0v) is 12.0. The van der Waals surface area contributed by atoms with Crippen LogP contribution in [0.4, 0.5) is 5.69 Å². The molecule has 5 heteroatoms. The zero-order chi connectivity index (χ0) is 14.7. The predicted octanol–water partition coefficient (Wildman–Crippen LogP) is 3.29. The highest BCUT2D eigenvalue weighted by Crippen LogP contribution is 2.31. The molecule has 1 amide bonds. The Hall–Kier alpha value is -2.20. The van der Waals surface area contributed by atoms with Gasteiger partial charge >= 0.3 is 0 Å². The minimum Gasteiger partial charge on any atom is -0.486 e. The number of hydrogen-bond donors (Lipinski definition) is 1. The Labute approximate surface area is 127 Å². The van der Waals surface area contributed by atoms with Crippen molar-refractivity contribution in [1.29, 1.82) is 0 Å². The molecule has 1 aliphatic rings. The summed E-state index contributed by atoms with van der Waals surface area (Å²) in [6.07, 6.45) is 0.252. The minimum atomic E-state index is -0.125. The Morgan fingerprint density at radius 2 is 1.86 bits per heavy atom. The van der Waals surface area contributed by atoms with Gasteiger partial charge in [0, 0.05) is 0 Å². The van der Waals surface area contributed by atoms with Gasteiger partial charge in [0.25, 0.3) is 0 Å². The Balaban J connectivity index is 1.69. The van der Waals surface area contributed by atoms with Crippen molar-refractivity contribution >= 4 is 23.2 Å². The van der Waals surface area contributed by atoms with Gasteiger partial charge in [-0.25, -0.2) is 0 Å². The molecule has 1 aliphatic heterocycles. The Bertz CT molecular complexity index is 672. The number of carbonyl (C=O) groups excluding carboxylic acids is 1. The first-order chi connectivity index (χ1) is 10.2. The zero-order valence-electron chi connectivity index (χ0n) is 11.3. The second-order valence-corrected chi connectivity index (χ2v) is 5.09. The maximum atomic E-state index is 12.1. The molecule has 0 unspecified atom stereocenters. The van der Waals surface area contributed by atoms with Gasteiger partial charge in [-0.1, -0.05) is 29.8 Å². The van der Waals surface area contributed by atoms with Crippen LogP contribution in [0.25, 0.3) is 0 Å². The lowest BCUT2D eigenvalue weighted by molar-refractivity contribution is -0.115. The molecule has 0 bridgehead atoms. The largest absolute Gasteiger partial charge is 0.486 e. The van der Waals surface area contributed by atoms with Crippen molar-refractivity contribution in [3.8, 4) is 11.5 Å². The number of ether oxygens (including phenoxy) is 2. The fourth-order valence-electron chi connectivity index (χ4n) is 2.14. The SMILES string of the molecule is O=C(Cc1ccc2c(c1)OCCO2)Nc1ccccc1Cl. The summed E-state index contributed by atoms with van der Waals surface area (Å²) in [5.74, 6) is 1.28. The van der Waals surface area contributed by atoms with Crippen LogP contribution >= 0.6 is 11.6 Å². The number of benzene rings is 2. The molecule has 1 heterocycles. The topological polar surface area (TPSA) is 47.6 Å². The molecule has 0 atom stereocenters. The predicted molar refractivity (Wildman–Crippen MR) is 81.2 cm³/mol. The van der Waals surface area contributed by atoms with Crippen LogP contribution in [0, 0.1) is 0 Å². The van der Waals surface area contributed by atoms with Gasteiger partial charge in [-0.3, -0.25) is 4.79 Å². The van der Waals surface area contributed by atoms with Crippen LogP contribution in [0.2, 0.25) is 5.02 Å². The monoisotopic (exact) mass is 303 g/mol. The van der Waals surface area contributed by atoms with E-state index in [2.05, 4.69) is 5.32 Å². The maximum Gasteiger partial charge on any atom is 0.228 e. The van der Waals surface area contributed by atoms with E-state index >= 15 is 0 Å². The lowest BCUT2D eigenvalue weighted by Gasteiger charge is -2.18. The van der Waals surface area contributed by atoms with Crippen LogP contribution in [0.1, 0.15) is 5.56 Å². The molecule has 0 spiro atoms. The molecule has 0 saturated heterocycles. The van der Waals surface area contributed by atoms with Crippen LogP contribution in [-0.2, 0) is 11.2 Å². The number of para-hydroxylation sites is 1. The van der Waals surface area contributed by atoms with E-state index in [1.165, 1.54) is 0 Å². The molecule has 2 aromatic carbocycles. The van der Waals surface area contributed by atoms with E-state index in [0.717, 1.165) is 11.3 Å². The highest BCUT2D eigenvalue weighted by molar-refractivity contribution is 6.33. The van der Waals surface area contributed by atoms with E-state index in [0.29, 0.717) is 29.7 Å². The molecular weight excluding hydrogens is 290 g/mol. The first kappa shape index (κ1) is 13.8. The van der Waals surface area contributed by atoms with E-state index in [1.54, 1.807) is 12.1 Å². The molecule has 3 rings (SSSR count). The average Bonchev–Trinajstić information content (AvgIpc) is 2.49. The van der Waals surface area contributed by atoms with Crippen LogP contribution in [0.15, 0.2) is 42.5 Å². The van der Waals surface area contributed by atoms with Gasteiger partial charge in [-0.15, -0.1) is 0 Å². The number of rotatable bonds is 3. The van der Waals surface area contributed by atoms with Gasteiger partial charge in [0.1, 0.15) is 13.2 Å². The van der Waals surface area contributed by atoms with Crippen molar-refractivity contribution < 1.29 is 14.3 Å². The average molecular weight is 304 g/mol. The molecule has 0 aliphatic carbocycles. The fourth-order valence-corrected chi connectivity index (χ4v) is 2.32. The summed E-state index contributed by atoms with van der Waals surface area (Å²) in [6, 6.07) is 12.7. The second kappa shape index (κ2) is 6.06. The van der Waals surface area contributed by atoms with Gasteiger partial charge < -0.3 is 14.8 Å². The Kier molecular flexibility index (Phi) is 3.97. The number of fused-ring (bicyclic) bond motifs is 1. The molecule has 0 aromatic heterocycles. The van der Waals surface area contributed by atoms with E-state index in [-0.39, 0.29) is 12.3 Å². The summed E-state index contributed by atoms with van der Waals surface area (Å²) in [7, 11) is 0. The standard InChI is InChI=1S/C16H14ClNO3/c17-12-3-1-2-4-13(12)18-16(19)10-11-5-6-14-15(9-11)21-8-7-20-14/h1-6,9H,7-8,10H2,(H,18,19). The number of carbonyl (C=O) groups is 1. The summed E-state index contributed by atoms with van der Waals surface area (Å²) in [4.78, 5) is 12.1. The van der Waals surface area contributed by atoms with Crippen molar-refractivity contribution in [2.24, 2.45) is 0 Å². The second-order valence-electron chi connectivity index (χ2n) is 4.68. The van der Waals surface area contributed by atoms with Gasteiger partial charge in [-0.05, 0) is 29.8 Å². The van der Waals surface area contributed by atoms with Crippen LogP contribution in [0.5, 0.6) is 11.5 Å². The van der Waals surface area contributed by atoms with Crippen molar-refractivity contribution in [2.75, 3.05) is 18.5 Å². The molecule has 0 radical (unpaired) electrons. The van der Waals surface area contributed by atoms with E-state index < -0.39 is 0 Å². The summed E-state index contributed by atoms with van der Waals surface area (Å²) < 4.78 is 11.0. The van der Waals surface area contributed by atoms with Crippen molar-refractivity contribution in [3.63, 3.8) is 0 Å². The quantitative estimate of drug-likeness (QED) is 0.946. The number of amides is 1. The molecule has 0 fully saturated rings. The van der Waals surface area contributed by atoms with Crippen molar-refractivity contribution in [3.05, 3.63) is 53.1 Å². The van der Waals surface area contributed by atoms with Gasteiger partial charge in [0.15, 0.2) is 11.5 Å². The van der Waals surface area contributed by atoms with Crippen molar-refractivity contribution in [2.45, 2.75) is 6.42 Å². The van der Waals surface area contributed by atoms with Crippen LogP contribution < -0.4 is 14.8 Å². The molecule has 4 nitrogen and oxygen atoms in total. The van der Waals surface area contributed by atoms with Gasteiger partial charge in [0.05, 0.1) is 17.1 Å². The highest BCUT2D eigenvalue weighted by atomic mass is 35.5. The fraction of sp³-hybridized carbons (Fsp3) is 0.188. The van der Waals surface area contributed by atoms with Crippen LogP contribution in [0.3, 0.4) is 0 Å². The summed E-state index contributed by atoms with van der Waals surface area (Å²) in [5.41, 5.74) is 1.48. The number of hydrogen-bond acceptors (Lipinski definition) is 3. The molecule has 2 aromatic rings. The van der Waals surface area contributed by atoms with Gasteiger partial charge in [-0.2, -0.15) is 0 Å². The first-order valence-corrected chi connectivity index (χ1v) is 7.03. The minimum absolute atomic E-state index is 0.125. The highest BCUT2D eigenvalue weighted by Gasteiger charge is 2.13. The Morgan fingerprint density at radius 3 is 2.67 bits per heavy atom. The summed E-state index contributed by atoms with van der Waals surface area (Å²) >= 11 is 6.01. The number of anilines is 1. The van der Waals surface area contributed by atoms with Gasteiger partial charge in [0.2, 0.25) is 5.91 Å². The maximum absolute atomic E-state index is 12.1. The third kappa shape index (κ3) is 3.28. The number of nitrogens with one attached hydrogen (secondary N) is 1. The van der Waals surface area contributed by atoms with E-state index in [9.17, 15) is 4.79 Å². The third-order valence-corrected chi connectivity index (χ3v) is 3.45. The molecule has 108 valence electrons. The number of halogens is 1. The molecule has 1 N–H and O–H groups in total. The lowest BCUT2D eigenvalue weighted by Crippen LogP contribution is -2.17. The van der Waals surface area contributed by atoms with Crippen molar-refractivity contribution in [1.82, 2.24) is 0 Å². The third-order valence-electron chi connectivity index (χ3n) is 3.12. The normalized spacial score (nSPS) is 12.8.